The maximum atomic E-state index is 13.4. The summed E-state index contributed by atoms with van der Waals surface area (Å²) in [7, 11) is 0. The molecule has 1 aromatic carbocycles. The van der Waals surface area contributed by atoms with E-state index in [9.17, 15) is 14.0 Å². The fourth-order valence-corrected chi connectivity index (χ4v) is 1.53. The molecular formula is C12H14FNO4. The molecule has 0 spiro atoms. The van der Waals surface area contributed by atoms with E-state index >= 15 is 0 Å². The Balaban J connectivity index is 2.68. The second-order valence-corrected chi connectivity index (χ2v) is 3.84. The van der Waals surface area contributed by atoms with Gasteiger partial charge in [0, 0.05) is 18.7 Å². The van der Waals surface area contributed by atoms with Gasteiger partial charge in [-0.2, -0.15) is 0 Å². The lowest BCUT2D eigenvalue weighted by Crippen LogP contribution is -2.31. The largest absolute Gasteiger partial charge is 0.481 e. The highest BCUT2D eigenvalue weighted by Crippen LogP contribution is 2.10. The normalized spacial score (nSPS) is 10.6. The predicted molar refractivity (Wildman–Crippen MR) is 61.6 cm³/mol. The Morgan fingerprint density at radius 2 is 1.83 bits per heavy atom. The molecule has 0 amide bonds. The van der Waals surface area contributed by atoms with Gasteiger partial charge in [0.05, 0.1) is 13.0 Å². The number of hydrogen-bond donors (Lipinski definition) is 2. The van der Waals surface area contributed by atoms with Gasteiger partial charge in [-0.05, 0) is 6.07 Å². The second kappa shape index (κ2) is 6.70. The minimum Gasteiger partial charge on any atom is -0.481 e. The SMILES string of the molecule is O=C(O)CCN(CC(=O)O)Cc1ccccc1F. The number of halogens is 1. The summed E-state index contributed by atoms with van der Waals surface area (Å²) in [5.74, 6) is -2.51. The predicted octanol–water partition coefficient (Wildman–Crippen LogP) is 1.19. The van der Waals surface area contributed by atoms with E-state index in [2.05, 4.69) is 0 Å². The first-order valence-corrected chi connectivity index (χ1v) is 5.38. The lowest BCUT2D eigenvalue weighted by molar-refractivity contribution is -0.141. The van der Waals surface area contributed by atoms with Gasteiger partial charge < -0.3 is 10.2 Å². The number of aliphatic carboxylic acids is 2. The first-order valence-electron chi connectivity index (χ1n) is 5.38. The van der Waals surface area contributed by atoms with Crippen molar-refractivity contribution in [2.45, 2.75) is 13.0 Å². The van der Waals surface area contributed by atoms with Crippen LogP contribution in [0.4, 0.5) is 4.39 Å². The first-order chi connectivity index (χ1) is 8.49. The van der Waals surface area contributed by atoms with Crippen molar-refractivity contribution in [3.8, 4) is 0 Å². The molecule has 0 aliphatic heterocycles. The topological polar surface area (TPSA) is 77.8 Å². The summed E-state index contributed by atoms with van der Waals surface area (Å²) in [5.41, 5.74) is 0.351. The minimum absolute atomic E-state index is 0.0654. The molecule has 0 aliphatic carbocycles. The number of carboxylic acids is 2. The molecule has 1 rings (SSSR count). The Labute approximate surface area is 103 Å². The van der Waals surface area contributed by atoms with Crippen molar-refractivity contribution >= 4 is 11.9 Å². The van der Waals surface area contributed by atoms with E-state index in [1.807, 2.05) is 0 Å². The Morgan fingerprint density at radius 1 is 1.17 bits per heavy atom. The van der Waals surface area contributed by atoms with Crippen LogP contribution in [0, 0.1) is 5.82 Å². The summed E-state index contributed by atoms with van der Waals surface area (Å²) in [4.78, 5) is 22.5. The highest BCUT2D eigenvalue weighted by molar-refractivity contribution is 5.69. The van der Waals surface area contributed by atoms with Crippen LogP contribution in [0.2, 0.25) is 0 Å². The van der Waals surface area contributed by atoms with E-state index in [0.717, 1.165) is 0 Å². The zero-order valence-corrected chi connectivity index (χ0v) is 9.67. The van der Waals surface area contributed by atoms with Crippen LogP contribution >= 0.6 is 0 Å². The van der Waals surface area contributed by atoms with Gasteiger partial charge in [-0.1, -0.05) is 18.2 Å². The Kier molecular flexibility index (Phi) is 5.26. The molecule has 0 heterocycles. The number of carbonyl (C=O) groups is 2. The molecule has 18 heavy (non-hydrogen) atoms. The molecule has 5 nitrogen and oxygen atoms in total. The average Bonchev–Trinajstić information content (AvgIpc) is 2.28. The second-order valence-electron chi connectivity index (χ2n) is 3.84. The molecule has 98 valence electrons. The third kappa shape index (κ3) is 4.92. The lowest BCUT2D eigenvalue weighted by Gasteiger charge is -2.19. The molecule has 0 aliphatic rings. The molecule has 0 saturated heterocycles. The van der Waals surface area contributed by atoms with Crippen molar-refractivity contribution in [1.82, 2.24) is 4.90 Å². The molecule has 0 atom stereocenters. The molecule has 0 bridgehead atoms. The zero-order valence-electron chi connectivity index (χ0n) is 9.67. The smallest absolute Gasteiger partial charge is 0.317 e. The van der Waals surface area contributed by atoms with E-state index in [1.54, 1.807) is 12.1 Å². The van der Waals surface area contributed by atoms with Crippen molar-refractivity contribution < 1.29 is 24.2 Å². The molecule has 0 unspecified atom stereocenters. The van der Waals surface area contributed by atoms with Crippen LogP contribution < -0.4 is 0 Å². The fourth-order valence-electron chi connectivity index (χ4n) is 1.53. The van der Waals surface area contributed by atoms with Crippen LogP contribution in [-0.4, -0.2) is 40.1 Å². The molecule has 0 radical (unpaired) electrons. The van der Waals surface area contributed by atoms with E-state index in [-0.39, 0.29) is 26.1 Å². The summed E-state index contributed by atoms with van der Waals surface area (Å²) in [6.45, 7) is -0.177. The number of hydrogen-bond acceptors (Lipinski definition) is 3. The first kappa shape index (κ1) is 14.1. The van der Waals surface area contributed by atoms with Crippen LogP contribution in [0.3, 0.4) is 0 Å². The molecule has 0 aromatic heterocycles. The summed E-state index contributed by atoms with van der Waals surface area (Å²) in [6, 6.07) is 6.02. The van der Waals surface area contributed by atoms with Gasteiger partial charge in [-0.25, -0.2) is 4.39 Å². The molecule has 0 saturated carbocycles. The highest BCUT2D eigenvalue weighted by Gasteiger charge is 2.13. The maximum Gasteiger partial charge on any atom is 0.317 e. The van der Waals surface area contributed by atoms with E-state index < -0.39 is 17.8 Å². The van der Waals surface area contributed by atoms with Crippen molar-refractivity contribution in [2.24, 2.45) is 0 Å². The van der Waals surface area contributed by atoms with Crippen LogP contribution in [0.15, 0.2) is 24.3 Å². The zero-order chi connectivity index (χ0) is 13.5. The van der Waals surface area contributed by atoms with Gasteiger partial charge in [0.1, 0.15) is 5.82 Å². The van der Waals surface area contributed by atoms with Crippen molar-refractivity contribution in [3.05, 3.63) is 35.6 Å². The molecule has 1 aromatic rings. The Hall–Kier alpha value is -1.95. The van der Waals surface area contributed by atoms with Crippen LogP contribution in [-0.2, 0) is 16.1 Å². The van der Waals surface area contributed by atoms with Gasteiger partial charge >= 0.3 is 11.9 Å². The molecule has 6 heteroatoms. The summed E-state index contributed by atoms with van der Waals surface area (Å²) < 4.78 is 13.4. The lowest BCUT2D eigenvalue weighted by atomic mass is 10.2. The monoisotopic (exact) mass is 255 g/mol. The fraction of sp³-hybridized carbons (Fsp3) is 0.333. The van der Waals surface area contributed by atoms with Gasteiger partial charge in [-0.15, -0.1) is 0 Å². The Morgan fingerprint density at radius 3 is 2.39 bits per heavy atom. The Bertz CT molecular complexity index is 436. The van der Waals surface area contributed by atoms with Gasteiger partial charge in [0.15, 0.2) is 0 Å². The third-order valence-corrected chi connectivity index (χ3v) is 2.35. The van der Waals surface area contributed by atoms with Gasteiger partial charge in [-0.3, -0.25) is 14.5 Å². The van der Waals surface area contributed by atoms with Crippen molar-refractivity contribution in [1.29, 1.82) is 0 Å². The van der Waals surface area contributed by atoms with Crippen LogP contribution in [0.5, 0.6) is 0 Å². The number of rotatable bonds is 7. The quantitative estimate of drug-likeness (QED) is 0.765. The van der Waals surface area contributed by atoms with Gasteiger partial charge in [0.2, 0.25) is 0 Å². The van der Waals surface area contributed by atoms with E-state index in [4.69, 9.17) is 10.2 Å². The molecular weight excluding hydrogens is 241 g/mol. The molecule has 2 N–H and O–H groups in total. The van der Waals surface area contributed by atoms with Crippen LogP contribution in [0.1, 0.15) is 12.0 Å². The van der Waals surface area contributed by atoms with Crippen molar-refractivity contribution in [3.63, 3.8) is 0 Å². The van der Waals surface area contributed by atoms with Gasteiger partial charge in [0.25, 0.3) is 0 Å². The number of nitrogens with zero attached hydrogens (tertiary/aromatic N) is 1. The van der Waals surface area contributed by atoms with E-state index in [0.29, 0.717) is 5.56 Å². The summed E-state index contributed by atoms with van der Waals surface area (Å²) >= 11 is 0. The minimum atomic E-state index is -1.07. The number of benzene rings is 1. The third-order valence-electron chi connectivity index (χ3n) is 2.35. The number of carboxylic acid groups (broad SMARTS) is 2. The van der Waals surface area contributed by atoms with E-state index in [1.165, 1.54) is 17.0 Å². The molecule has 0 fully saturated rings. The summed E-state index contributed by atoms with van der Waals surface area (Å²) in [5, 5.41) is 17.3. The summed E-state index contributed by atoms with van der Waals surface area (Å²) in [6.07, 6.45) is -0.179. The highest BCUT2D eigenvalue weighted by atomic mass is 19.1. The standard InChI is InChI=1S/C12H14FNO4/c13-10-4-2-1-3-9(10)7-14(8-12(17)18)6-5-11(15)16/h1-4H,5-8H2,(H,15,16)(H,17,18). The van der Waals surface area contributed by atoms with Crippen molar-refractivity contribution in [2.75, 3.05) is 13.1 Å². The van der Waals surface area contributed by atoms with Crippen LogP contribution in [0.25, 0.3) is 0 Å². The maximum absolute atomic E-state index is 13.4. The average molecular weight is 255 g/mol.